The standard InChI is InChI=1S/C24H20N4O3S/c1-31-21-16-9-13(7-8-18(16)26-12-17(21)22(25)29)10-20-23(30)28-24(32-20)27-19-11-15(19)14-5-3-2-4-6-14/h2-10,12,15,19H,11H2,1H3,(H2,25,29)(H,27,28,30)/b20-10-/t15-,19+/m0/s1. The molecular formula is C24H20N4O3S. The van der Waals surface area contributed by atoms with Gasteiger partial charge in [-0.1, -0.05) is 36.4 Å². The van der Waals surface area contributed by atoms with Gasteiger partial charge in [0.15, 0.2) is 5.17 Å². The highest BCUT2D eigenvalue weighted by atomic mass is 32.2. The smallest absolute Gasteiger partial charge is 0.286 e. The number of hydrogen-bond acceptors (Lipinski definition) is 6. The van der Waals surface area contributed by atoms with Crippen LogP contribution in [0.25, 0.3) is 17.0 Å². The molecule has 1 aromatic heterocycles. The van der Waals surface area contributed by atoms with Gasteiger partial charge in [-0.25, -0.2) is 0 Å². The van der Waals surface area contributed by atoms with Crippen LogP contribution in [0.4, 0.5) is 0 Å². The molecule has 0 unspecified atom stereocenters. The van der Waals surface area contributed by atoms with Gasteiger partial charge in [0.25, 0.3) is 11.8 Å². The van der Waals surface area contributed by atoms with E-state index >= 15 is 0 Å². The molecule has 1 fully saturated rings. The van der Waals surface area contributed by atoms with Crippen LogP contribution in [0.5, 0.6) is 5.75 Å². The molecule has 0 saturated heterocycles. The van der Waals surface area contributed by atoms with Gasteiger partial charge in [-0.2, -0.15) is 4.99 Å². The number of nitrogens with two attached hydrogens (primary N) is 1. The molecule has 1 saturated carbocycles. The number of aromatic nitrogens is 1. The minimum absolute atomic E-state index is 0.211. The number of carbonyl (C=O) groups excluding carboxylic acids is 2. The second-order valence-electron chi connectivity index (χ2n) is 7.68. The zero-order valence-corrected chi connectivity index (χ0v) is 18.1. The SMILES string of the molecule is COc1c(C(N)=O)cnc2ccc(/C=C3\SC(N[C@@H]4C[C@H]4c4ccccc4)=NC3=O)cc12. The molecule has 2 aliphatic rings. The number of amides is 2. The van der Waals surface area contributed by atoms with Crippen LogP contribution in [0, 0.1) is 0 Å². The molecule has 32 heavy (non-hydrogen) atoms. The third kappa shape index (κ3) is 3.85. The summed E-state index contributed by atoms with van der Waals surface area (Å²) < 4.78 is 5.41. The third-order valence-corrected chi connectivity index (χ3v) is 6.47. The normalized spacial score (nSPS) is 21.0. The van der Waals surface area contributed by atoms with E-state index in [2.05, 4.69) is 27.4 Å². The van der Waals surface area contributed by atoms with Crippen molar-refractivity contribution >= 4 is 45.7 Å². The Balaban J connectivity index is 1.34. The minimum atomic E-state index is -0.612. The number of carbonyl (C=O) groups is 2. The first-order valence-electron chi connectivity index (χ1n) is 10.1. The van der Waals surface area contributed by atoms with Crippen LogP contribution in [-0.2, 0) is 4.79 Å². The van der Waals surface area contributed by atoms with E-state index in [-0.39, 0.29) is 11.5 Å². The first-order chi connectivity index (χ1) is 15.5. The molecule has 2 amide bonds. The third-order valence-electron chi connectivity index (χ3n) is 5.56. The highest BCUT2D eigenvalue weighted by molar-refractivity contribution is 8.18. The average molecular weight is 445 g/mol. The van der Waals surface area contributed by atoms with E-state index in [1.54, 1.807) is 6.08 Å². The van der Waals surface area contributed by atoms with Gasteiger partial charge >= 0.3 is 0 Å². The summed E-state index contributed by atoms with van der Waals surface area (Å²) in [5, 5.41) is 4.66. The van der Waals surface area contributed by atoms with E-state index in [0.29, 0.717) is 38.7 Å². The fourth-order valence-corrected chi connectivity index (χ4v) is 4.75. The Hall–Kier alpha value is -3.65. The molecule has 5 rings (SSSR count). The summed E-state index contributed by atoms with van der Waals surface area (Å²) >= 11 is 1.33. The molecular weight excluding hydrogens is 424 g/mol. The molecule has 2 atom stereocenters. The second kappa shape index (κ2) is 8.12. The molecule has 7 nitrogen and oxygen atoms in total. The number of ether oxygens (including phenoxy) is 1. The summed E-state index contributed by atoms with van der Waals surface area (Å²) in [5.41, 5.74) is 8.39. The summed E-state index contributed by atoms with van der Waals surface area (Å²) in [6, 6.07) is 16.1. The van der Waals surface area contributed by atoms with E-state index in [1.165, 1.54) is 30.6 Å². The van der Waals surface area contributed by atoms with E-state index < -0.39 is 5.91 Å². The number of primary amides is 1. The maximum absolute atomic E-state index is 12.5. The number of thioether (sulfide) groups is 1. The molecule has 1 aliphatic heterocycles. The fourth-order valence-electron chi connectivity index (χ4n) is 3.88. The fraction of sp³-hybridized carbons (Fsp3) is 0.167. The van der Waals surface area contributed by atoms with E-state index in [1.807, 2.05) is 36.4 Å². The number of benzene rings is 2. The van der Waals surface area contributed by atoms with Crippen LogP contribution in [-0.4, -0.2) is 35.1 Å². The number of aliphatic imine (C=N–C) groups is 1. The van der Waals surface area contributed by atoms with E-state index in [4.69, 9.17) is 10.5 Å². The second-order valence-corrected chi connectivity index (χ2v) is 8.71. The highest BCUT2D eigenvalue weighted by Gasteiger charge is 2.40. The van der Waals surface area contributed by atoms with Gasteiger partial charge < -0.3 is 15.8 Å². The van der Waals surface area contributed by atoms with Crippen molar-refractivity contribution in [1.29, 1.82) is 0 Å². The Kier molecular flexibility index (Phi) is 5.14. The summed E-state index contributed by atoms with van der Waals surface area (Å²) in [4.78, 5) is 33.1. The molecule has 0 spiro atoms. The zero-order valence-electron chi connectivity index (χ0n) is 17.2. The Labute approximate surface area is 188 Å². The molecule has 8 heteroatoms. The van der Waals surface area contributed by atoms with Crippen LogP contribution in [0.1, 0.15) is 33.8 Å². The lowest BCUT2D eigenvalue weighted by Gasteiger charge is -2.09. The number of nitrogens with zero attached hydrogens (tertiary/aromatic N) is 2. The largest absolute Gasteiger partial charge is 0.495 e. The highest BCUT2D eigenvalue weighted by Crippen LogP contribution is 2.42. The molecule has 3 aromatic rings. The van der Waals surface area contributed by atoms with Crippen molar-refractivity contribution in [3.8, 4) is 5.75 Å². The van der Waals surface area contributed by atoms with Gasteiger partial charge in [-0.3, -0.25) is 14.6 Å². The summed E-state index contributed by atoms with van der Waals surface area (Å²) in [6.07, 6.45) is 4.21. The number of methoxy groups -OCH3 is 1. The van der Waals surface area contributed by atoms with Gasteiger partial charge in [-0.15, -0.1) is 0 Å². The van der Waals surface area contributed by atoms with Crippen molar-refractivity contribution in [2.75, 3.05) is 7.11 Å². The van der Waals surface area contributed by atoms with Gasteiger partial charge in [0.1, 0.15) is 11.3 Å². The topological polar surface area (TPSA) is 107 Å². The summed E-state index contributed by atoms with van der Waals surface area (Å²) in [7, 11) is 1.48. The molecule has 0 radical (unpaired) electrons. The van der Waals surface area contributed by atoms with Crippen LogP contribution in [0.3, 0.4) is 0 Å². The van der Waals surface area contributed by atoms with Crippen LogP contribution in [0.2, 0.25) is 0 Å². The average Bonchev–Trinajstić information content (AvgIpc) is 3.48. The van der Waals surface area contributed by atoms with Crippen molar-refractivity contribution in [1.82, 2.24) is 10.3 Å². The molecule has 1 aliphatic carbocycles. The lowest BCUT2D eigenvalue weighted by atomic mass is 10.1. The number of fused-ring (bicyclic) bond motifs is 1. The van der Waals surface area contributed by atoms with Gasteiger partial charge in [0, 0.05) is 23.5 Å². The first kappa shape index (κ1) is 20.3. The maximum atomic E-state index is 12.5. The minimum Gasteiger partial charge on any atom is -0.495 e. The predicted molar refractivity (Wildman–Crippen MR) is 126 cm³/mol. The van der Waals surface area contributed by atoms with Gasteiger partial charge in [0.05, 0.1) is 17.5 Å². The molecule has 3 N–H and O–H groups in total. The van der Waals surface area contributed by atoms with Crippen molar-refractivity contribution in [2.24, 2.45) is 10.7 Å². The van der Waals surface area contributed by atoms with Gasteiger partial charge in [-0.05, 0) is 47.5 Å². The van der Waals surface area contributed by atoms with Crippen molar-refractivity contribution in [2.45, 2.75) is 18.4 Å². The van der Waals surface area contributed by atoms with Crippen LogP contribution >= 0.6 is 11.8 Å². The Morgan fingerprint density at radius 3 is 2.81 bits per heavy atom. The molecule has 160 valence electrons. The summed E-state index contributed by atoms with van der Waals surface area (Å²) in [6.45, 7) is 0. The maximum Gasteiger partial charge on any atom is 0.286 e. The lowest BCUT2D eigenvalue weighted by molar-refractivity contribution is -0.113. The Bertz CT molecular complexity index is 1300. The number of nitrogens with one attached hydrogen (secondary N) is 1. The number of amidine groups is 1. The number of pyridine rings is 1. The Morgan fingerprint density at radius 1 is 1.25 bits per heavy atom. The number of hydrogen-bond donors (Lipinski definition) is 2. The quantitative estimate of drug-likeness (QED) is 0.584. The van der Waals surface area contributed by atoms with E-state index in [9.17, 15) is 9.59 Å². The van der Waals surface area contributed by atoms with Crippen LogP contribution in [0.15, 0.2) is 64.6 Å². The van der Waals surface area contributed by atoms with Crippen molar-refractivity contribution in [3.05, 3.63) is 76.3 Å². The Morgan fingerprint density at radius 2 is 2.06 bits per heavy atom. The molecule has 2 aromatic carbocycles. The number of rotatable bonds is 5. The zero-order chi connectivity index (χ0) is 22.2. The first-order valence-corrected chi connectivity index (χ1v) is 11.0. The monoisotopic (exact) mass is 444 g/mol. The molecule has 2 heterocycles. The molecule has 0 bridgehead atoms. The van der Waals surface area contributed by atoms with Crippen molar-refractivity contribution < 1.29 is 14.3 Å². The predicted octanol–water partition coefficient (Wildman–Crippen LogP) is 3.46. The lowest BCUT2D eigenvalue weighted by Crippen LogP contribution is -2.22. The summed E-state index contributed by atoms with van der Waals surface area (Å²) in [5.74, 6) is -0.0694. The van der Waals surface area contributed by atoms with E-state index in [0.717, 1.165) is 12.0 Å². The van der Waals surface area contributed by atoms with Crippen LogP contribution < -0.4 is 15.8 Å². The van der Waals surface area contributed by atoms with Crippen molar-refractivity contribution in [3.63, 3.8) is 0 Å². The van der Waals surface area contributed by atoms with Gasteiger partial charge in [0.2, 0.25) is 0 Å².